The molecule has 0 bridgehead atoms. The molecular weight excluding hydrogens is 1000 g/mol. The number of nitrogens with zero attached hydrogens (tertiary/aromatic N) is 4. The Kier molecular flexibility index (Phi) is 11.5. The van der Waals surface area contributed by atoms with Crippen LogP contribution in [0.2, 0.25) is 0 Å². The second-order valence-electron chi connectivity index (χ2n) is 24.3. The van der Waals surface area contributed by atoms with Gasteiger partial charge in [-0.25, -0.2) is 9.97 Å². The molecule has 0 N–H and O–H groups in total. The molecule has 0 fully saturated rings. The largest absolute Gasteiger partial charge is 0.295 e. The second kappa shape index (κ2) is 19.1. The lowest BCUT2D eigenvalue weighted by Gasteiger charge is -2.27. The Morgan fingerprint density at radius 3 is 0.867 bits per heavy atom. The van der Waals surface area contributed by atoms with Crippen molar-refractivity contribution in [3.63, 3.8) is 0 Å². The Bertz CT molecular complexity index is 4360. The highest BCUT2D eigenvalue weighted by Gasteiger charge is 2.39. The zero-order valence-electron chi connectivity index (χ0n) is 47.7. The fourth-order valence-electron chi connectivity index (χ4n) is 13.8. The molecule has 83 heavy (non-hydrogen) atoms. The third-order valence-electron chi connectivity index (χ3n) is 18.3. The van der Waals surface area contributed by atoms with E-state index in [1.807, 2.05) is 24.5 Å². The Hall–Kier alpha value is -9.90. The van der Waals surface area contributed by atoms with Gasteiger partial charge >= 0.3 is 0 Å². The minimum Gasteiger partial charge on any atom is -0.295 e. The molecule has 398 valence electrons. The van der Waals surface area contributed by atoms with E-state index in [1.165, 1.54) is 111 Å². The number of fused-ring (bicyclic) bond motifs is 11. The van der Waals surface area contributed by atoms with E-state index in [-0.39, 0.29) is 16.2 Å². The van der Waals surface area contributed by atoms with Crippen LogP contribution >= 0.6 is 0 Å². The molecule has 0 radical (unpaired) electrons. The number of aromatic nitrogens is 2. The van der Waals surface area contributed by atoms with Gasteiger partial charge < -0.3 is 0 Å². The molecule has 2 aromatic heterocycles. The molecule has 0 saturated carbocycles. The molecule has 2 heterocycles. The van der Waals surface area contributed by atoms with Crippen LogP contribution in [0.1, 0.15) is 97.2 Å². The van der Waals surface area contributed by atoms with Crippen LogP contribution in [-0.2, 0) is 16.2 Å². The van der Waals surface area contributed by atoms with Gasteiger partial charge in [0.1, 0.15) is 11.6 Å². The van der Waals surface area contributed by atoms with E-state index in [0.717, 1.165) is 34.4 Å². The predicted octanol–water partition coefficient (Wildman–Crippen LogP) is 21.0. The Balaban J connectivity index is 0.665. The smallest absolute Gasteiger partial charge is 0.137 e. The van der Waals surface area contributed by atoms with Gasteiger partial charge in [-0.3, -0.25) is 9.80 Å². The summed E-state index contributed by atoms with van der Waals surface area (Å²) >= 11 is 0. The molecule has 4 heteroatoms. The van der Waals surface area contributed by atoms with Crippen molar-refractivity contribution in [2.75, 3.05) is 9.80 Å². The maximum absolute atomic E-state index is 4.85. The van der Waals surface area contributed by atoms with Crippen molar-refractivity contribution < 1.29 is 0 Å². The molecule has 0 amide bonds. The van der Waals surface area contributed by atoms with Crippen LogP contribution in [-0.4, -0.2) is 9.97 Å². The molecule has 3 aliphatic rings. The van der Waals surface area contributed by atoms with E-state index in [0.29, 0.717) is 0 Å². The van der Waals surface area contributed by atoms with Crippen molar-refractivity contribution in [1.82, 2.24) is 9.97 Å². The Labute approximate surface area is 487 Å². The standard InChI is InChI=1S/C79H62N4/c1-77(2)69-43-51(21-23-53-27-37-65-67-39-33-61(49-73(67)78(3,4)71(65)45-53)82(75-19-11-13-41-80-75)59-31-29-55-15-7-9-17-57(55)47-59)25-35-63(69)64-36-26-52(44-70(64)77)22-24-54-28-38-66-68-40-34-62(50-74(68)79(5,6)72(66)46-54)83(76-20-12-14-42-81-76)60-32-30-56-16-8-10-18-58(56)48-60/h7-50H,1-6H3. The van der Waals surface area contributed by atoms with E-state index in [2.05, 4.69) is 294 Å². The van der Waals surface area contributed by atoms with Crippen molar-refractivity contribution in [1.29, 1.82) is 0 Å². The first-order valence-electron chi connectivity index (χ1n) is 29.0. The average Bonchev–Trinajstić information content (AvgIpc) is 3.33. The normalized spacial score (nSPS) is 14.6. The zero-order valence-corrected chi connectivity index (χ0v) is 47.7. The van der Waals surface area contributed by atoms with Crippen molar-refractivity contribution >= 4 is 80.2 Å². The van der Waals surface area contributed by atoms with Crippen molar-refractivity contribution in [3.05, 3.63) is 299 Å². The second-order valence-corrected chi connectivity index (χ2v) is 24.3. The van der Waals surface area contributed by atoms with Crippen LogP contribution in [0.25, 0.3) is 79.2 Å². The first-order valence-corrected chi connectivity index (χ1v) is 29.0. The van der Waals surface area contributed by atoms with E-state index in [9.17, 15) is 0 Å². The number of rotatable bonds is 10. The highest BCUT2D eigenvalue weighted by molar-refractivity contribution is 5.93. The van der Waals surface area contributed by atoms with Gasteiger partial charge in [-0.1, -0.05) is 224 Å². The van der Waals surface area contributed by atoms with Crippen molar-refractivity contribution in [2.45, 2.75) is 57.8 Å². The van der Waals surface area contributed by atoms with Gasteiger partial charge in [0.25, 0.3) is 0 Å². The Morgan fingerprint density at radius 2 is 0.542 bits per heavy atom. The minimum absolute atomic E-state index is 0.163. The molecule has 0 atom stereocenters. The minimum atomic E-state index is -0.207. The van der Waals surface area contributed by atoms with Crippen LogP contribution in [0.5, 0.6) is 0 Å². The van der Waals surface area contributed by atoms with Gasteiger partial charge in [0.15, 0.2) is 0 Å². The van der Waals surface area contributed by atoms with E-state index >= 15 is 0 Å². The zero-order chi connectivity index (χ0) is 56.2. The lowest BCUT2D eigenvalue weighted by Crippen LogP contribution is -2.17. The van der Waals surface area contributed by atoms with Crippen LogP contribution in [0.15, 0.2) is 243 Å². The third kappa shape index (κ3) is 8.34. The van der Waals surface area contributed by atoms with Gasteiger partial charge in [-0.05, 0) is 183 Å². The predicted molar refractivity (Wildman–Crippen MR) is 350 cm³/mol. The fraction of sp³-hybridized carbons (Fsp3) is 0.114. The summed E-state index contributed by atoms with van der Waals surface area (Å²) in [4.78, 5) is 14.3. The highest BCUT2D eigenvalue weighted by Crippen LogP contribution is 2.54. The van der Waals surface area contributed by atoms with Gasteiger partial charge in [0.2, 0.25) is 0 Å². The number of hydrogen-bond donors (Lipinski definition) is 0. The lowest BCUT2D eigenvalue weighted by molar-refractivity contribution is 0.660. The molecule has 12 aromatic rings. The molecule has 4 nitrogen and oxygen atoms in total. The molecule has 15 rings (SSSR count). The third-order valence-corrected chi connectivity index (χ3v) is 18.3. The Morgan fingerprint density at radius 1 is 0.265 bits per heavy atom. The van der Waals surface area contributed by atoms with Gasteiger partial charge in [0.05, 0.1) is 0 Å². The average molecular weight is 1070 g/mol. The number of hydrogen-bond acceptors (Lipinski definition) is 4. The van der Waals surface area contributed by atoms with Gasteiger partial charge in [-0.2, -0.15) is 0 Å². The summed E-state index contributed by atoms with van der Waals surface area (Å²) in [6, 6.07) is 84.6. The molecule has 0 aliphatic heterocycles. The van der Waals surface area contributed by atoms with Gasteiger partial charge in [0, 0.05) is 51.4 Å². The molecule has 0 unspecified atom stereocenters. The van der Waals surface area contributed by atoms with E-state index in [4.69, 9.17) is 9.97 Å². The van der Waals surface area contributed by atoms with E-state index in [1.54, 1.807) is 0 Å². The summed E-state index contributed by atoms with van der Waals surface area (Å²) in [6.07, 6.45) is 12.9. The van der Waals surface area contributed by atoms with Gasteiger partial charge in [-0.15, -0.1) is 0 Å². The monoisotopic (exact) mass is 1070 g/mol. The molecule has 0 saturated heterocycles. The fourth-order valence-corrected chi connectivity index (χ4v) is 13.8. The van der Waals surface area contributed by atoms with Crippen LogP contribution in [0, 0.1) is 0 Å². The van der Waals surface area contributed by atoms with Crippen LogP contribution < -0.4 is 9.80 Å². The number of anilines is 6. The number of benzene rings is 10. The summed E-state index contributed by atoms with van der Waals surface area (Å²) < 4.78 is 0. The van der Waals surface area contributed by atoms with Crippen LogP contribution in [0.4, 0.5) is 34.4 Å². The summed E-state index contributed by atoms with van der Waals surface area (Å²) in [7, 11) is 0. The summed E-state index contributed by atoms with van der Waals surface area (Å²) in [5, 5.41) is 4.85. The lowest BCUT2D eigenvalue weighted by atomic mass is 9.81. The number of pyridine rings is 2. The van der Waals surface area contributed by atoms with Crippen LogP contribution in [0.3, 0.4) is 0 Å². The van der Waals surface area contributed by atoms with Crippen molar-refractivity contribution in [3.8, 4) is 33.4 Å². The van der Waals surface area contributed by atoms with Crippen molar-refractivity contribution in [2.24, 2.45) is 0 Å². The first kappa shape index (κ1) is 50.1. The summed E-state index contributed by atoms with van der Waals surface area (Å²) in [6.45, 7) is 14.2. The summed E-state index contributed by atoms with van der Waals surface area (Å²) in [5.41, 5.74) is 24.5. The maximum Gasteiger partial charge on any atom is 0.137 e. The SMILES string of the molecule is CC1(C)c2cc(C=Cc3ccc4c(c3)C(C)(C)c3cc(N(c5ccc6ccccc6c5)c5ccccn5)ccc3-4)ccc2-c2ccc(C=Cc3ccc4c(c3)C(C)(C)c3cc(N(c5ccc6ccccc6c5)c5ccccn5)ccc3-4)cc21. The maximum atomic E-state index is 4.85. The first-order chi connectivity index (χ1) is 40.4. The highest BCUT2D eigenvalue weighted by atomic mass is 15.2. The molecule has 0 spiro atoms. The summed E-state index contributed by atoms with van der Waals surface area (Å²) in [5.74, 6) is 1.78. The molecular formula is C79H62N4. The van der Waals surface area contributed by atoms with E-state index < -0.39 is 0 Å². The topological polar surface area (TPSA) is 32.3 Å². The molecule has 3 aliphatic carbocycles. The quantitative estimate of drug-likeness (QED) is 0.128. The molecule has 10 aromatic carbocycles.